The molecule has 0 aliphatic rings. The molecule has 0 fully saturated rings. The van der Waals surface area contributed by atoms with Gasteiger partial charge in [0.05, 0.1) is 15.7 Å². The molecule has 1 aromatic carbocycles. The number of aromatic nitrogens is 3. The number of carbonyl (C=O) groups excluding carboxylic acids is 1. The standard InChI is InChI=1S/C16H12Cl2N4O/c17-12-4-3-10(8-13(12)18)9-20-15(23)6-5-14-11-2-1-7-19-16(11)22-21-14/h1-8H,9H2,(H,20,23)(H,19,21,22). The molecule has 7 heteroatoms. The van der Waals surface area contributed by atoms with Gasteiger partial charge in [-0.05, 0) is 35.9 Å². The number of H-pyrrole nitrogens is 1. The van der Waals surface area contributed by atoms with E-state index in [-0.39, 0.29) is 5.91 Å². The Hall–Kier alpha value is -2.37. The molecule has 2 aromatic heterocycles. The molecule has 116 valence electrons. The van der Waals surface area contributed by atoms with Crippen molar-refractivity contribution in [1.82, 2.24) is 20.5 Å². The minimum atomic E-state index is -0.220. The first-order valence-electron chi connectivity index (χ1n) is 6.82. The monoisotopic (exact) mass is 346 g/mol. The van der Waals surface area contributed by atoms with E-state index in [4.69, 9.17) is 23.2 Å². The van der Waals surface area contributed by atoms with Gasteiger partial charge in [-0.25, -0.2) is 4.98 Å². The summed E-state index contributed by atoms with van der Waals surface area (Å²) in [4.78, 5) is 16.0. The van der Waals surface area contributed by atoms with E-state index in [0.717, 1.165) is 16.6 Å². The summed E-state index contributed by atoms with van der Waals surface area (Å²) < 4.78 is 0. The zero-order valence-corrected chi connectivity index (χ0v) is 13.4. The molecule has 3 aromatic rings. The summed E-state index contributed by atoms with van der Waals surface area (Å²) in [6.07, 6.45) is 4.78. The van der Waals surface area contributed by atoms with Crippen LogP contribution in [0.2, 0.25) is 10.0 Å². The van der Waals surface area contributed by atoms with Crippen LogP contribution in [-0.2, 0) is 11.3 Å². The smallest absolute Gasteiger partial charge is 0.244 e. The van der Waals surface area contributed by atoms with Crippen LogP contribution in [0.25, 0.3) is 17.1 Å². The van der Waals surface area contributed by atoms with Crippen LogP contribution in [0, 0.1) is 0 Å². The normalized spacial score (nSPS) is 11.2. The zero-order chi connectivity index (χ0) is 16.2. The van der Waals surface area contributed by atoms with Gasteiger partial charge in [-0.1, -0.05) is 29.3 Å². The Morgan fingerprint density at radius 3 is 2.96 bits per heavy atom. The van der Waals surface area contributed by atoms with Crippen LogP contribution in [-0.4, -0.2) is 21.1 Å². The van der Waals surface area contributed by atoms with Crippen LogP contribution < -0.4 is 5.32 Å². The lowest BCUT2D eigenvalue weighted by Crippen LogP contribution is -2.20. The van der Waals surface area contributed by atoms with Gasteiger partial charge < -0.3 is 5.32 Å². The van der Waals surface area contributed by atoms with Crippen molar-refractivity contribution in [3.05, 3.63) is 63.9 Å². The molecular weight excluding hydrogens is 335 g/mol. The molecule has 0 saturated carbocycles. The van der Waals surface area contributed by atoms with Crippen molar-refractivity contribution in [3.63, 3.8) is 0 Å². The number of amides is 1. The highest BCUT2D eigenvalue weighted by atomic mass is 35.5. The molecule has 1 amide bonds. The van der Waals surface area contributed by atoms with Gasteiger partial charge >= 0.3 is 0 Å². The van der Waals surface area contributed by atoms with Gasteiger partial charge in [0.1, 0.15) is 0 Å². The second kappa shape index (κ2) is 6.81. The summed E-state index contributed by atoms with van der Waals surface area (Å²) in [6.45, 7) is 0.366. The average Bonchev–Trinajstić information content (AvgIpc) is 2.97. The van der Waals surface area contributed by atoms with Gasteiger partial charge in [0.25, 0.3) is 0 Å². The highest BCUT2D eigenvalue weighted by molar-refractivity contribution is 6.42. The van der Waals surface area contributed by atoms with Gasteiger partial charge in [0.2, 0.25) is 5.91 Å². The summed E-state index contributed by atoms with van der Waals surface area (Å²) in [5.41, 5.74) is 2.22. The van der Waals surface area contributed by atoms with E-state index < -0.39 is 0 Å². The Labute approximate surface area is 142 Å². The van der Waals surface area contributed by atoms with E-state index in [0.29, 0.717) is 22.2 Å². The highest BCUT2D eigenvalue weighted by Crippen LogP contribution is 2.22. The summed E-state index contributed by atoms with van der Waals surface area (Å²) in [6, 6.07) is 8.94. The van der Waals surface area contributed by atoms with Crippen molar-refractivity contribution in [2.24, 2.45) is 0 Å². The van der Waals surface area contributed by atoms with Crippen molar-refractivity contribution in [2.75, 3.05) is 0 Å². The van der Waals surface area contributed by atoms with Crippen molar-refractivity contribution in [1.29, 1.82) is 0 Å². The summed E-state index contributed by atoms with van der Waals surface area (Å²) >= 11 is 11.8. The van der Waals surface area contributed by atoms with Gasteiger partial charge in [-0.3, -0.25) is 9.89 Å². The molecule has 5 nitrogen and oxygen atoms in total. The van der Waals surface area contributed by atoms with Crippen molar-refractivity contribution >= 4 is 46.2 Å². The number of rotatable bonds is 4. The number of fused-ring (bicyclic) bond motifs is 1. The fraction of sp³-hybridized carbons (Fsp3) is 0.0625. The number of carbonyl (C=O) groups is 1. The average molecular weight is 347 g/mol. The Kier molecular flexibility index (Phi) is 4.60. The fourth-order valence-electron chi connectivity index (χ4n) is 2.05. The third kappa shape index (κ3) is 3.70. The molecule has 0 atom stereocenters. The minimum Gasteiger partial charge on any atom is -0.348 e. The number of hydrogen-bond acceptors (Lipinski definition) is 3. The zero-order valence-electron chi connectivity index (χ0n) is 11.9. The summed E-state index contributed by atoms with van der Waals surface area (Å²) in [5.74, 6) is -0.220. The van der Waals surface area contributed by atoms with Gasteiger partial charge in [0.15, 0.2) is 5.65 Å². The first-order chi connectivity index (χ1) is 11.1. The van der Waals surface area contributed by atoms with Crippen molar-refractivity contribution in [3.8, 4) is 0 Å². The van der Waals surface area contributed by atoms with E-state index in [1.165, 1.54) is 6.08 Å². The molecule has 0 bridgehead atoms. The number of aromatic amines is 1. The first kappa shape index (κ1) is 15.5. The Balaban J connectivity index is 1.63. The van der Waals surface area contributed by atoms with E-state index in [1.807, 2.05) is 18.2 Å². The van der Waals surface area contributed by atoms with Crippen LogP contribution in [0.5, 0.6) is 0 Å². The number of benzene rings is 1. The van der Waals surface area contributed by atoms with Crippen molar-refractivity contribution in [2.45, 2.75) is 6.54 Å². The maximum atomic E-state index is 11.9. The summed E-state index contributed by atoms with van der Waals surface area (Å²) in [5, 5.41) is 11.5. The molecular formula is C16H12Cl2N4O. The molecule has 3 rings (SSSR count). The largest absolute Gasteiger partial charge is 0.348 e. The van der Waals surface area contributed by atoms with E-state index >= 15 is 0 Å². The molecule has 0 unspecified atom stereocenters. The Morgan fingerprint density at radius 2 is 2.13 bits per heavy atom. The van der Waals surface area contributed by atoms with Crippen LogP contribution in [0.4, 0.5) is 0 Å². The van der Waals surface area contributed by atoms with E-state index in [1.54, 1.807) is 24.4 Å². The lowest BCUT2D eigenvalue weighted by molar-refractivity contribution is -0.116. The number of halogens is 2. The Bertz CT molecular complexity index is 889. The third-order valence-electron chi connectivity index (χ3n) is 3.21. The number of nitrogens with one attached hydrogen (secondary N) is 2. The predicted octanol–water partition coefficient (Wildman–Crippen LogP) is 3.59. The molecule has 0 radical (unpaired) electrons. The molecule has 0 spiro atoms. The Morgan fingerprint density at radius 1 is 1.26 bits per heavy atom. The van der Waals surface area contributed by atoms with Crippen LogP contribution in [0.15, 0.2) is 42.6 Å². The number of hydrogen-bond donors (Lipinski definition) is 2. The summed E-state index contributed by atoms with van der Waals surface area (Å²) in [7, 11) is 0. The van der Waals surface area contributed by atoms with Gasteiger partial charge in [0, 0.05) is 24.2 Å². The van der Waals surface area contributed by atoms with Gasteiger partial charge in [-0.15, -0.1) is 0 Å². The van der Waals surface area contributed by atoms with E-state index in [9.17, 15) is 4.79 Å². The number of pyridine rings is 1. The topological polar surface area (TPSA) is 70.7 Å². The fourth-order valence-corrected chi connectivity index (χ4v) is 2.37. The lowest BCUT2D eigenvalue weighted by atomic mass is 10.2. The molecule has 0 aliphatic carbocycles. The minimum absolute atomic E-state index is 0.220. The molecule has 23 heavy (non-hydrogen) atoms. The highest BCUT2D eigenvalue weighted by Gasteiger charge is 2.04. The SMILES string of the molecule is O=C(C=Cc1[nH]nc2ncccc12)NCc1ccc(Cl)c(Cl)c1. The molecule has 0 aliphatic heterocycles. The lowest BCUT2D eigenvalue weighted by Gasteiger charge is -2.04. The molecule has 2 heterocycles. The van der Waals surface area contributed by atoms with Crippen LogP contribution in [0.3, 0.4) is 0 Å². The van der Waals surface area contributed by atoms with Crippen LogP contribution in [0.1, 0.15) is 11.3 Å². The number of nitrogens with zero attached hydrogens (tertiary/aromatic N) is 2. The second-order valence-corrected chi connectivity index (χ2v) is 5.63. The quantitative estimate of drug-likeness (QED) is 0.709. The molecule has 2 N–H and O–H groups in total. The maximum absolute atomic E-state index is 11.9. The van der Waals surface area contributed by atoms with Crippen molar-refractivity contribution < 1.29 is 4.79 Å². The first-order valence-corrected chi connectivity index (χ1v) is 7.58. The van der Waals surface area contributed by atoms with E-state index in [2.05, 4.69) is 20.5 Å². The molecule has 0 saturated heterocycles. The maximum Gasteiger partial charge on any atom is 0.244 e. The van der Waals surface area contributed by atoms with Crippen LogP contribution >= 0.6 is 23.2 Å². The predicted molar refractivity (Wildman–Crippen MR) is 91.2 cm³/mol. The van der Waals surface area contributed by atoms with Gasteiger partial charge in [-0.2, -0.15) is 5.10 Å². The second-order valence-electron chi connectivity index (χ2n) is 4.81. The third-order valence-corrected chi connectivity index (χ3v) is 3.95.